The summed E-state index contributed by atoms with van der Waals surface area (Å²) in [6.45, 7) is 1.38. The minimum Gasteiger partial charge on any atom is -0.316 e. The van der Waals surface area contributed by atoms with Crippen LogP contribution in [0.2, 0.25) is 0 Å². The van der Waals surface area contributed by atoms with Crippen LogP contribution >= 0.6 is 15.9 Å². The van der Waals surface area contributed by atoms with Gasteiger partial charge in [0, 0.05) is 6.54 Å². The Morgan fingerprint density at radius 2 is 1.90 bits per heavy atom. The highest BCUT2D eigenvalue weighted by molar-refractivity contribution is 9.10. The molecule has 0 bridgehead atoms. The van der Waals surface area contributed by atoms with E-state index in [4.69, 9.17) is 0 Å². The van der Waals surface area contributed by atoms with Crippen LogP contribution in [-0.4, -0.2) is 27.7 Å². The zero-order valence-corrected chi connectivity index (χ0v) is 12.5. The Morgan fingerprint density at radius 1 is 1.29 bits per heavy atom. The average molecular weight is 365 g/mol. The number of halogens is 4. The molecule has 1 heterocycles. The average Bonchev–Trinajstić information content (AvgIpc) is 2.40. The van der Waals surface area contributed by atoms with Crippen LogP contribution < -0.4 is 5.32 Å². The minimum atomic E-state index is -4.49. The fraction of sp³-hybridized carbons (Fsp3) is 0.385. The molecule has 0 spiro atoms. The normalized spacial score (nSPS) is 23.2. The standard InChI is InChI=1S/C13H12BrF3N2O2/c1-7-10(14)11(20)18-12(21)19(7)6-8-4-2-3-5-9(8)13(15,16)17/h2-5,7,10H,6H2,1H3,(H,18,20,21). The first-order valence-corrected chi connectivity index (χ1v) is 7.04. The molecular formula is C13H12BrF3N2O2. The van der Waals surface area contributed by atoms with Gasteiger partial charge in [-0.25, -0.2) is 4.79 Å². The van der Waals surface area contributed by atoms with Crippen LogP contribution in [0.1, 0.15) is 18.1 Å². The van der Waals surface area contributed by atoms with Crippen molar-refractivity contribution >= 4 is 27.9 Å². The summed E-state index contributed by atoms with van der Waals surface area (Å²) in [6, 6.07) is 3.82. The van der Waals surface area contributed by atoms with E-state index in [1.807, 2.05) is 0 Å². The van der Waals surface area contributed by atoms with E-state index in [1.54, 1.807) is 6.92 Å². The molecule has 4 nitrogen and oxygen atoms in total. The van der Waals surface area contributed by atoms with Crippen LogP contribution in [0.25, 0.3) is 0 Å². The largest absolute Gasteiger partial charge is 0.416 e. The van der Waals surface area contributed by atoms with Gasteiger partial charge in [0.25, 0.3) is 0 Å². The van der Waals surface area contributed by atoms with Crippen LogP contribution in [0, 0.1) is 0 Å². The molecule has 21 heavy (non-hydrogen) atoms. The lowest BCUT2D eigenvalue weighted by atomic mass is 10.0. The number of rotatable bonds is 2. The van der Waals surface area contributed by atoms with Crippen molar-refractivity contribution in [2.24, 2.45) is 0 Å². The Morgan fingerprint density at radius 3 is 2.52 bits per heavy atom. The number of carbonyl (C=O) groups excluding carboxylic acids is 2. The van der Waals surface area contributed by atoms with E-state index < -0.39 is 34.5 Å². The molecule has 0 saturated carbocycles. The van der Waals surface area contributed by atoms with Gasteiger partial charge in [-0.15, -0.1) is 0 Å². The molecule has 2 unspecified atom stereocenters. The van der Waals surface area contributed by atoms with Crippen LogP contribution in [0.15, 0.2) is 24.3 Å². The summed E-state index contributed by atoms with van der Waals surface area (Å²) >= 11 is 3.13. The van der Waals surface area contributed by atoms with Gasteiger partial charge in [0.2, 0.25) is 5.91 Å². The number of imide groups is 1. The number of hydrogen-bond donors (Lipinski definition) is 1. The second-order valence-electron chi connectivity index (χ2n) is 4.72. The first-order chi connectivity index (χ1) is 9.71. The fourth-order valence-electron chi connectivity index (χ4n) is 2.14. The monoisotopic (exact) mass is 364 g/mol. The Balaban J connectivity index is 2.30. The van der Waals surface area contributed by atoms with Crippen molar-refractivity contribution in [2.45, 2.75) is 30.5 Å². The smallest absolute Gasteiger partial charge is 0.316 e. The minimum absolute atomic E-state index is 0.0129. The number of benzene rings is 1. The van der Waals surface area contributed by atoms with Crippen LogP contribution in [0.3, 0.4) is 0 Å². The highest BCUT2D eigenvalue weighted by atomic mass is 79.9. The van der Waals surface area contributed by atoms with E-state index in [9.17, 15) is 22.8 Å². The number of alkyl halides is 4. The summed E-state index contributed by atoms with van der Waals surface area (Å²) in [7, 11) is 0. The molecule has 1 fully saturated rings. The first-order valence-electron chi connectivity index (χ1n) is 6.12. The van der Waals surface area contributed by atoms with Gasteiger partial charge >= 0.3 is 12.2 Å². The predicted molar refractivity (Wildman–Crippen MR) is 72.7 cm³/mol. The van der Waals surface area contributed by atoms with Crippen molar-refractivity contribution in [1.29, 1.82) is 0 Å². The summed E-state index contributed by atoms with van der Waals surface area (Å²) in [4.78, 5) is 23.8. The van der Waals surface area contributed by atoms with E-state index in [0.29, 0.717) is 0 Å². The van der Waals surface area contributed by atoms with Gasteiger partial charge in [-0.05, 0) is 18.6 Å². The van der Waals surface area contributed by atoms with E-state index >= 15 is 0 Å². The van der Waals surface area contributed by atoms with E-state index in [2.05, 4.69) is 21.2 Å². The van der Waals surface area contributed by atoms with Gasteiger partial charge in [0.1, 0.15) is 4.83 Å². The number of urea groups is 1. The molecule has 1 saturated heterocycles. The summed E-state index contributed by atoms with van der Waals surface area (Å²) < 4.78 is 38.9. The lowest BCUT2D eigenvalue weighted by Crippen LogP contribution is -2.59. The molecule has 2 atom stereocenters. The summed E-state index contributed by atoms with van der Waals surface area (Å²) in [5.41, 5.74) is -0.797. The molecular weight excluding hydrogens is 353 g/mol. The first kappa shape index (κ1) is 15.8. The third-order valence-corrected chi connectivity index (χ3v) is 4.50. The van der Waals surface area contributed by atoms with E-state index in [1.165, 1.54) is 23.1 Å². The van der Waals surface area contributed by atoms with Gasteiger partial charge in [0.15, 0.2) is 0 Å². The zero-order chi connectivity index (χ0) is 15.8. The molecule has 114 valence electrons. The second kappa shape index (κ2) is 5.67. The van der Waals surface area contributed by atoms with Gasteiger partial charge in [0.05, 0.1) is 11.6 Å². The lowest BCUT2D eigenvalue weighted by molar-refractivity contribution is -0.138. The van der Waals surface area contributed by atoms with Crippen molar-refractivity contribution in [3.8, 4) is 0 Å². The molecule has 1 N–H and O–H groups in total. The van der Waals surface area contributed by atoms with Crippen molar-refractivity contribution in [1.82, 2.24) is 10.2 Å². The van der Waals surface area contributed by atoms with Crippen molar-refractivity contribution in [3.63, 3.8) is 0 Å². The summed E-state index contributed by atoms with van der Waals surface area (Å²) in [6.07, 6.45) is -4.49. The second-order valence-corrected chi connectivity index (χ2v) is 5.71. The van der Waals surface area contributed by atoms with Crippen LogP contribution in [-0.2, 0) is 17.5 Å². The number of hydrogen-bond acceptors (Lipinski definition) is 2. The summed E-state index contributed by atoms with van der Waals surface area (Å²) in [5, 5.41) is 2.11. The van der Waals surface area contributed by atoms with Crippen LogP contribution in [0.4, 0.5) is 18.0 Å². The summed E-state index contributed by atoms with van der Waals surface area (Å²) in [5.74, 6) is -0.493. The number of amides is 3. The number of nitrogens with one attached hydrogen (secondary N) is 1. The van der Waals surface area contributed by atoms with Gasteiger partial charge in [-0.1, -0.05) is 34.1 Å². The van der Waals surface area contributed by atoms with Crippen molar-refractivity contribution in [2.75, 3.05) is 0 Å². The third-order valence-electron chi connectivity index (χ3n) is 3.32. The SMILES string of the molecule is CC1C(Br)C(=O)NC(=O)N1Cc1ccccc1C(F)(F)F. The molecule has 1 aromatic rings. The predicted octanol–water partition coefficient (Wildman–Crippen LogP) is 2.91. The zero-order valence-electron chi connectivity index (χ0n) is 10.9. The maximum absolute atomic E-state index is 13.0. The molecule has 2 rings (SSSR count). The fourth-order valence-corrected chi connectivity index (χ4v) is 2.54. The molecule has 0 radical (unpaired) electrons. The molecule has 1 aliphatic rings. The van der Waals surface area contributed by atoms with E-state index in [0.717, 1.165) is 6.07 Å². The molecule has 0 aliphatic carbocycles. The molecule has 3 amide bonds. The van der Waals surface area contributed by atoms with Gasteiger partial charge in [-0.3, -0.25) is 10.1 Å². The Kier molecular flexibility index (Phi) is 4.27. The highest BCUT2D eigenvalue weighted by Crippen LogP contribution is 2.33. The molecule has 0 aromatic heterocycles. The quantitative estimate of drug-likeness (QED) is 0.820. The van der Waals surface area contributed by atoms with Gasteiger partial charge < -0.3 is 4.90 Å². The van der Waals surface area contributed by atoms with Crippen molar-refractivity contribution in [3.05, 3.63) is 35.4 Å². The molecule has 8 heteroatoms. The number of nitrogens with zero attached hydrogens (tertiary/aromatic N) is 1. The molecule has 1 aromatic carbocycles. The third kappa shape index (κ3) is 3.20. The maximum atomic E-state index is 13.0. The maximum Gasteiger partial charge on any atom is 0.416 e. The Hall–Kier alpha value is -1.57. The Bertz CT molecular complexity index is 577. The van der Waals surface area contributed by atoms with E-state index in [-0.39, 0.29) is 12.1 Å². The van der Waals surface area contributed by atoms with Crippen molar-refractivity contribution < 1.29 is 22.8 Å². The Labute approximate surface area is 127 Å². The molecule has 1 aliphatic heterocycles. The van der Waals surface area contributed by atoms with Crippen LogP contribution in [0.5, 0.6) is 0 Å². The number of carbonyl (C=O) groups is 2. The lowest BCUT2D eigenvalue weighted by Gasteiger charge is -2.36. The topological polar surface area (TPSA) is 49.4 Å². The highest BCUT2D eigenvalue weighted by Gasteiger charge is 2.39. The van der Waals surface area contributed by atoms with Gasteiger partial charge in [-0.2, -0.15) is 13.2 Å².